The topological polar surface area (TPSA) is 74.7 Å². The molecule has 8 nitrogen and oxygen atoms in total. The van der Waals surface area contributed by atoms with Crippen LogP contribution in [0.5, 0.6) is 0 Å². The van der Waals surface area contributed by atoms with Gasteiger partial charge in [0.2, 0.25) is 0 Å². The van der Waals surface area contributed by atoms with E-state index in [0.717, 1.165) is 62.2 Å². The Morgan fingerprint density at radius 3 is 2.69 bits per heavy atom. The van der Waals surface area contributed by atoms with E-state index in [1.54, 1.807) is 6.26 Å². The molecule has 1 aliphatic heterocycles. The molecule has 1 saturated heterocycles. The van der Waals surface area contributed by atoms with E-state index in [-0.39, 0.29) is 0 Å². The molecule has 3 heterocycles. The maximum absolute atomic E-state index is 4.93. The molecule has 152 valence electrons. The molecular weight excluding hydrogens is 366 g/mol. The van der Waals surface area contributed by atoms with Crippen molar-refractivity contribution >= 4 is 5.96 Å². The van der Waals surface area contributed by atoms with Crippen molar-refractivity contribution < 1.29 is 4.52 Å². The van der Waals surface area contributed by atoms with Gasteiger partial charge in [-0.3, -0.25) is 4.90 Å². The quantitative estimate of drug-likeness (QED) is 0.511. The van der Waals surface area contributed by atoms with Crippen LogP contribution in [0, 0.1) is 0 Å². The van der Waals surface area contributed by atoms with Crippen LogP contribution in [-0.2, 0) is 13.1 Å². The van der Waals surface area contributed by atoms with Crippen LogP contribution < -0.4 is 5.32 Å². The lowest BCUT2D eigenvalue weighted by molar-refractivity contribution is 0.169. The van der Waals surface area contributed by atoms with Crippen molar-refractivity contribution in [2.45, 2.75) is 20.0 Å². The summed E-state index contributed by atoms with van der Waals surface area (Å²) in [4.78, 5) is 9.56. The number of para-hydroxylation sites is 1. The molecule has 2 aromatic heterocycles. The van der Waals surface area contributed by atoms with Crippen molar-refractivity contribution in [1.82, 2.24) is 30.1 Å². The number of aliphatic imine (C=N–C) groups is 1. The fourth-order valence-electron chi connectivity index (χ4n) is 3.42. The van der Waals surface area contributed by atoms with E-state index < -0.39 is 0 Å². The fraction of sp³-hybridized carbons (Fsp3) is 0.381. The van der Waals surface area contributed by atoms with Gasteiger partial charge in [0.25, 0.3) is 0 Å². The summed E-state index contributed by atoms with van der Waals surface area (Å²) in [5.74, 6) is 0.959. The number of piperazine rings is 1. The van der Waals surface area contributed by atoms with Crippen LogP contribution in [-0.4, -0.2) is 63.4 Å². The van der Waals surface area contributed by atoms with E-state index in [2.05, 4.69) is 32.3 Å². The highest BCUT2D eigenvalue weighted by Gasteiger charge is 2.20. The molecule has 1 aromatic carbocycles. The first kappa shape index (κ1) is 19.2. The van der Waals surface area contributed by atoms with E-state index in [1.165, 1.54) is 0 Å². The van der Waals surface area contributed by atoms with Gasteiger partial charge < -0.3 is 14.7 Å². The van der Waals surface area contributed by atoms with Crippen LogP contribution in [0.4, 0.5) is 0 Å². The highest BCUT2D eigenvalue weighted by atomic mass is 16.5. The van der Waals surface area contributed by atoms with Crippen molar-refractivity contribution in [3.63, 3.8) is 0 Å². The van der Waals surface area contributed by atoms with Gasteiger partial charge in [0.15, 0.2) is 5.96 Å². The third kappa shape index (κ3) is 5.03. The molecule has 1 fully saturated rings. The second-order valence-electron chi connectivity index (χ2n) is 7.05. The molecule has 0 spiro atoms. The number of nitrogens with one attached hydrogen (secondary N) is 1. The summed E-state index contributed by atoms with van der Waals surface area (Å²) in [6, 6.07) is 12.0. The summed E-state index contributed by atoms with van der Waals surface area (Å²) in [7, 11) is 0. The van der Waals surface area contributed by atoms with E-state index in [4.69, 9.17) is 9.52 Å². The van der Waals surface area contributed by atoms with Gasteiger partial charge in [-0.05, 0) is 19.1 Å². The van der Waals surface area contributed by atoms with Crippen molar-refractivity contribution in [3.8, 4) is 5.69 Å². The summed E-state index contributed by atoms with van der Waals surface area (Å²) >= 11 is 0. The summed E-state index contributed by atoms with van der Waals surface area (Å²) < 4.78 is 6.82. The Morgan fingerprint density at radius 1 is 1.14 bits per heavy atom. The minimum absolute atomic E-state index is 0.605. The standard InChI is InChI=1S/C21H27N7O/c1-2-22-21(27-11-9-26(10-12-27)17-19-8-13-29-25-19)23-14-18-15-24-28(16-18)20-6-4-3-5-7-20/h3-8,13,15-16H,2,9-12,14,17H2,1H3,(H,22,23). The number of hydrogen-bond donors (Lipinski definition) is 1. The van der Waals surface area contributed by atoms with Gasteiger partial charge >= 0.3 is 0 Å². The molecule has 1 aliphatic rings. The van der Waals surface area contributed by atoms with Crippen LogP contribution in [0.3, 0.4) is 0 Å². The molecule has 8 heteroatoms. The highest BCUT2D eigenvalue weighted by molar-refractivity contribution is 5.80. The second-order valence-corrected chi connectivity index (χ2v) is 7.05. The van der Waals surface area contributed by atoms with E-state index >= 15 is 0 Å². The Morgan fingerprint density at radius 2 is 1.97 bits per heavy atom. The molecule has 29 heavy (non-hydrogen) atoms. The van der Waals surface area contributed by atoms with Gasteiger partial charge in [0.1, 0.15) is 6.26 Å². The zero-order valence-electron chi connectivity index (χ0n) is 16.7. The van der Waals surface area contributed by atoms with E-state index in [1.807, 2.05) is 53.5 Å². The molecule has 0 amide bonds. The minimum atomic E-state index is 0.605. The number of rotatable bonds is 6. The third-order valence-electron chi connectivity index (χ3n) is 4.95. The Bertz CT molecular complexity index is 896. The van der Waals surface area contributed by atoms with Crippen molar-refractivity contribution in [2.24, 2.45) is 4.99 Å². The summed E-state index contributed by atoms with van der Waals surface area (Å²) in [5, 5.41) is 11.9. The molecule has 0 radical (unpaired) electrons. The van der Waals surface area contributed by atoms with Crippen LogP contribution in [0.15, 0.2) is 64.6 Å². The normalized spacial score (nSPS) is 15.6. The predicted molar refractivity (Wildman–Crippen MR) is 112 cm³/mol. The van der Waals surface area contributed by atoms with E-state index in [0.29, 0.717) is 6.54 Å². The number of hydrogen-bond acceptors (Lipinski definition) is 5. The zero-order chi connectivity index (χ0) is 19.9. The smallest absolute Gasteiger partial charge is 0.194 e. The van der Waals surface area contributed by atoms with Crippen molar-refractivity contribution in [2.75, 3.05) is 32.7 Å². The Kier molecular flexibility index (Phi) is 6.21. The fourth-order valence-corrected chi connectivity index (χ4v) is 3.42. The van der Waals surface area contributed by atoms with Crippen LogP contribution >= 0.6 is 0 Å². The lowest BCUT2D eigenvalue weighted by atomic mass is 10.3. The zero-order valence-corrected chi connectivity index (χ0v) is 16.7. The first-order valence-electron chi connectivity index (χ1n) is 10.1. The average Bonchev–Trinajstić information content (AvgIpc) is 3.45. The SMILES string of the molecule is CCNC(=NCc1cnn(-c2ccccc2)c1)N1CCN(Cc2ccon2)CC1. The predicted octanol–water partition coefficient (Wildman–Crippen LogP) is 2.14. The molecule has 4 rings (SSSR count). The summed E-state index contributed by atoms with van der Waals surface area (Å²) in [6.45, 7) is 8.21. The molecule has 0 atom stereocenters. The van der Waals surface area contributed by atoms with Gasteiger partial charge in [-0.15, -0.1) is 0 Å². The molecule has 0 bridgehead atoms. The minimum Gasteiger partial charge on any atom is -0.364 e. The highest BCUT2D eigenvalue weighted by Crippen LogP contribution is 2.10. The van der Waals surface area contributed by atoms with Crippen molar-refractivity contribution in [3.05, 3.63) is 66.3 Å². The molecular formula is C21H27N7O. The summed E-state index contributed by atoms with van der Waals surface area (Å²) in [5.41, 5.74) is 3.13. The maximum Gasteiger partial charge on any atom is 0.194 e. The van der Waals surface area contributed by atoms with Crippen LogP contribution in [0.2, 0.25) is 0 Å². The molecule has 3 aromatic rings. The average molecular weight is 393 g/mol. The number of nitrogens with zero attached hydrogens (tertiary/aromatic N) is 6. The Hall–Kier alpha value is -3.13. The third-order valence-corrected chi connectivity index (χ3v) is 4.95. The van der Waals surface area contributed by atoms with E-state index in [9.17, 15) is 0 Å². The van der Waals surface area contributed by atoms with Gasteiger partial charge in [0.05, 0.1) is 24.1 Å². The lowest BCUT2D eigenvalue weighted by Gasteiger charge is -2.36. The molecule has 0 aliphatic carbocycles. The monoisotopic (exact) mass is 393 g/mol. The van der Waals surface area contributed by atoms with Crippen LogP contribution in [0.25, 0.3) is 5.69 Å². The molecule has 0 saturated carbocycles. The first-order valence-corrected chi connectivity index (χ1v) is 10.1. The maximum atomic E-state index is 4.93. The van der Waals surface area contributed by atoms with Gasteiger partial charge in [-0.1, -0.05) is 23.4 Å². The van der Waals surface area contributed by atoms with Crippen LogP contribution in [0.1, 0.15) is 18.2 Å². The van der Waals surface area contributed by atoms with Gasteiger partial charge in [0, 0.05) is 57.1 Å². The van der Waals surface area contributed by atoms with Gasteiger partial charge in [-0.25, -0.2) is 9.67 Å². The molecule has 0 unspecified atom stereocenters. The number of benzene rings is 1. The van der Waals surface area contributed by atoms with Crippen molar-refractivity contribution in [1.29, 1.82) is 0 Å². The second kappa shape index (κ2) is 9.38. The Balaban J connectivity index is 1.35. The Labute approximate surface area is 170 Å². The van der Waals surface area contributed by atoms with Gasteiger partial charge in [-0.2, -0.15) is 5.10 Å². The largest absolute Gasteiger partial charge is 0.364 e. The lowest BCUT2D eigenvalue weighted by Crippen LogP contribution is -2.52. The molecule has 1 N–H and O–H groups in total. The first-order chi connectivity index (χ1) is 14.3. The number of aromatic nitrogens is 3. The number of guanidine groups is 1. The summed E-state index contributed by atoms with van der Waals surface area (Å²) in [6.07, 6.45) is 5.55.